The summed E-state index contributed by atoms with van der Waals surface area (Å²) in [4.78, 5) is 6.63. The van der Waals surface area contributed by atoms with Crippen LogP contribution in [0.2, 0.25) is 0 Å². The second-order valence-electron chi connectivity index (χ2n) is 3.87. The molecule has 4 nitrogen and oxygen atoms in total. The average molecular weight is 194 g/mol. The molecular formula is C10H18N4. The van der Waals surface area contributed by atoms with E-state index in [-0.39, 0.29) is 0 Å². The molecule has 1 aliphatic rings. The van der Waals surface area contributed by atoms with Gasteiger partial charge in [-0.1, -0.05) is 6.92 Å². The molecule has 0 aliphatic carbocycles. The van der Waals surface area contributed by atoms with E-state index in [9.17, 15) is 0 Å². The van der Waals surface area contributed by atoms with Crippen molar-refractivity contribution in [2.24, 2.45) is 7.05 Å². The van der Waals surface area contributed by atoms with Crippen LogP contribution >= 0.6 is 0 Å². The molecule has 0 amide bonds. The van der Waals surface area contributed by atoms with Crippen molar-refractivity contribution in [3.8, 4) is 0 Å². The Morgan fingerprint density at radius 2 is 2.43 bits per heavy atom. The van der Waals surface area contributed by atoms with Crippen LogP contribution in [0.15, 0.2) is 12.5 Å². The van der Waals surface area contributed by atoms with Gasteiger partial charge in [0.2, 0.25) is 0 Å². The van der Waals surface area contributed by atoms with E-state index in [0.29, 0.717) is 0 Å². The van der Waals surface area contributed by atoms with Gasteiger partial charge >= 0.3 is 0 Å². The van der Waals surface area contributed by atoms with Gasteiger partial charge in [0.05, 0.1) is 12.0 Å². The summed E-state index contributed by atoms with van der Waals surface area (Å²) < 4.78 is 2.09. The fraction of sp³-hybridized carbons (Fsp3) is 0.700. The first-order valence-electron chi connectivity index (χ1n) is 5.21. The van der Waals surface area contributed by atoms with E-state index < -0.39 is 0 Å². The third-order valence-electron chi connectivity index (χ3n) is 2.96. The van der Waals surface area contributed by atoms with Gasteiger partial charge in [-0.25, -0.2) is 4.98 Å². The van der Waals surface area contributed by atoms with Gasteiger partial charge in [0.15, 0.2) is 0 Å². The van der Waals surface area contributed by atoms with Gasteiger partial charge < -0.3 is 9.88 Å². The number of rotatable bonds is 4. The van der Waals surface area contributed by atoms with Gasteiger partial charge in [-0.2, -0.15) is 0 Å². The van der Waals surface area contributed by atoms with Gasteiger partial charge in [0.25, 0.3) is 0 Å². The van der Waals surface area contributed by atoms with E-state index in [2.05, 4.69) is 33.7 Å². The number of nitrogens with zero attached hydrogens (tertiary/aromatic N) is 3. The van der Waals surface area contributed by atoms with E-state index in [1.54, 1.807) is 0 Å². The van der Waals surface area contributed by atoms with Crippen LogP contribution in [0.4, 0.5) is 0 Å². The molecule has 4 heteroatoms. The summed E-state index contributed by atoms with van der Waals surface area (Å²) in [5, 5.41) is 3.31. The van der Waals surface area contributed by atoms with Crippen molar-refractivity contribution in [3.63, 3.8) is 0 Å². The van der Waals surface area contributed by atoms with Crippen molar-refractivity contribution in [3.05, 3.63) is 18.2 Å². The van der Waals surface area contributed by atoms with Crippen LogP contribution in [0.5, 0.6) is 0 Å². The van der Waals surface area contributed by atoms with Crippen molar-refractivity contribution in [2.75, 3.05) is 19.6 Å². The van der Waals surface area contributed by atoms with Crippen molar-refractivity contribution >= 4 is 0 Å². The topological polar surface area (TPSA) is 33.1 Å². The molecule has 1 aromatic rings. The lowest BCUT2D eigenvalue weighted by molar-refractivity contribution is 0.142. The van der Waals surface area contributed by atoms with Gasteiger partial charge in [-0.15, -0.1) is 0 Å². The first-order valence-corrected chi connectivity index (χ1v) is 5.21. The van der Waals surface area contributed by atoms with Crippen molar-refractivity contribution in [1.29, 1.82) is 0 Å². The number of hydrogen-bond donors (Lipinski definition) is 1. The number of nitrogens with one attached hydrogen (secondary N) is 1. The molecule has 0 atom stereocenters. The van der Waals surface area contributed by atoms with E-state index in [1.165, 1.54) is 5.69 Å². The highest BCUT2D eigenvalue weighted by Gasteiger charge is 2.23. The quantitative estimate of drug-likeness (QED) is 0.744. The largest absolute Gasteiger partial charge is 0.337 e. The van der Waals surface area contributed by atoms with Crippen LogP contribution in [0.1, 0.15) is 12.6 Å². The Hall–Kier alpha value is -0.870. The second kappa shape index (κ2) is 4.11. The lowest BCUT2D eigenvalue weighted by Crippen LogP contribution is -2.56. The minimum Gasteiger partial charge on any atom is -0.337 e. The fourth-order valence-electron chi connectivity index (χ4n) is 1.78. The van der Waals surface area contributed by atoms with E-state index in [0.717, 1.165) is 32.2 Å². The van der Waals surface area contributed by atoms with Crippen molar-refractivity contribution < 1.29 is 0 Å². The Morgan fingerprint density at radius 3 is 2.86 bits per heavy atom. The number of imidazole rings is 1. The molecule has 78 valence electrons. The van der Waals surface area contributed by atoms with Gasteiger partial charge in [-0.3, -0.25) is 4.90 Å². The molecule has 2 rings (SSSR count). The monoisotopic (exact) mass is 194 g/mol. The highest BCUT2D eigenvalue weighted by Crippen LogP contribution is 2.09. The van der Waals surface area contributed by atoms with Crippen LogP contribution in [0.25, 0.3) is 0 Å². The molecule has 1 fully saturated rings. The molecule has 1 aromatic heterocycles. The van der Waals surface area contributed by atoms with Crippen LogP contribution in [-0.2, 0) is 13.6 Å². The van der Waals surface area contributed by atoms with E-state index in [1.807, 2.05) is 12.5 Å². The molecule has 14 heavy (non-hydrogen) atoms. The summed E-state index contributed by atoms with van der Waals surface area (Å²) in [7, 11) is 2.05. The van der Waals surface area contributed by atoms with Gasteiger partial charge in [0.1, 0.15) is 0 Å². The summed E-state index contributed by atoms with van der Waals surface area (Å²) in [6.07, 6.45) is 3.82. The van der Waals surface area contributed by atoms with E-state index in [4.69, 9.17) is 0 Å². The highest BCUT2D eigenvalue weighted by molar-refractivity contribution is 4.99. The zero-order valence-electron chi connectivity index (χ0n) is 8.90. The zero-order valence-corrected chi connectivity index (χ0v) is 8.90. The van der Waals surface area contributed by atoms with Gasteiger partial charge in [-0.05, 0) is 6.54 Å². The first kappa shape index (κ1) is 9.68. The summed E-state index contributed by atoms with van der Waals surface area (Å²) in [6, 6.07) is 0.717. The number of aromatic nitrogens is 2. The molecule has 2 heterocycles. The maximum Gasteiger partial charge on any atom is 0.0945 e. The minimum absolute atomic E-state index is 0.717. The maximum absolute atomic E-state index is 4.13. The van der Waals surface area contributed by atoms with E-state index >= 15 is 0 Å². The van der Waals surface area contributed by atoms with Crippen LogP contribution in [-0.4, -0.2) is 40.1 Å². The molecule has 0 saturated carbocycles. The minimum atomic E-state index is 0.717. The Balaban J connectivity index is 1.97. The predicted molar refractivity (Wildman–Crippen MR) is 55.9 cm³/mol. The van der Waals surface area contributed by atoms with Crippen molar-refractivity contribution in [2.45, 2.75) is 19.5 Å². The van der Waals surface area contributed by atoms with Crippen molar-refractivity contribution in [1.82, 2.24) is 19.8 Å². The Kier molecular flexibility index (Phi) is 2.84. The summed E-state index contributed by atoms with van der Waals surface area (Å²) in [5.41, 5.74) is 1.29. The summed E-state index contributed by atoms with van der Waals surface area (Å²) in [6.45, 7) is 6.60. The lowest BCUT2D eigenvalue weighted by atomic mass is 10.1. The SMILES string of the molecule is CCN(Cc1cncn1C)C1CNC1. The predicted octanol–water partition coefficient (Wildman–Crippen LogP) is 0.214. The average Bonchev–Trinajstić information content (AvgIpc) is 2.47. The third kappa shape index (κ3) is 1.81. The standard InChI is InChI=1S/C10H18N4/c1-3-14(9-4-11-5-9)7-10-6-12-8-13(10)2/h6,8-9,11H,3-5,7H2,1-2H3. The van der Waals surface area contributed by atoms with Crippen LogP contribution in [0, 0.1) is 0 Å². The summed E-state index contributed by atoms with van der Waals surface area (Å²) in [5.74, 6) is 0. The normalized spacial score (nSPS) is 17.4. The Morgan fingerprint density at radius 1 is 1.64 bits per heavy atom. The molecule has 0 radical (unpaired) electrons. The van der Waals surface area contributed by atoms with Crippen LogP contribution < -0.4 is 5.32 Å². The zero-order chi connectivity index (χ0) is 9.97. The molecule has 0 bridgehead atoms. The number of aryl methyl sites for hydroxylation is 1. The Bertz CT molecular complexity index is 290. The maximum atomic E-state index is 4.13. The van der Waals surface area contributed by atoms with Crippen LogP contribution in [0.3, 0.4) is 0 Å². The molecule has 1 saturated heterocycles. The third-order valence-corrected chi connectivity index (χ3v) is 2.96. The molecule has 1 aliphatic heterocycles. The van der Waals surface area contributed by atoms with Gasteiger partial charge in [0, 0.05) is 38.9 Å². The smallest absolute Gasteiger partial charge is 0.0945 e. The first-order chi connectivity index (χ1) is 6.81. The molecule has 1 N–H and O–H groups in total. The number of likely N-dealkylation sites (N-methyl/N-ethyl adjacent to an activating group) is 1. The highest BCUT2D eigenvalue weighted by atomic mass is 15.2. The number of hydrogen-bond acceptors (Lipinski definition) is 3. The summed E-state index contributed by atoms with van der Waals surface area (Å²) >= 11 is 0. The molecule has 0 unspecified atom stereocenters. The molecular weight excluding hydrogens is 176 g/mol. The molecule has 0 aromatic carbocycles. The lowest BCUT2D eigenvalue weighted by Gasteiger charge is -2.37. The second-order valence-corrected chi connectivity index (χ2v) is 3.87. The molecule has 0 spiro atoms. The Labute approximate surface area is 84.9 Å². The fourth-order valence-corrected chi connectivity index (χ4v) is 1.78.